The fraction of sp³-hybridized carbons (Fsp3) is 0.400. The van der Waals surface area contributed by atoms with Gasteiger partial charge in [0.2, 0.25) is 0 Å². The van der Waals surface area contributed by atoms with Crippen molar-refractivity contribution in [3.8, 4) is 5.75 Å². The second-order valence-electron chi connectivity index (χ2n) is 4.89. The van der Waals surface area contributed by atoms with E-state index in [1.807, 2.05) is 0 Å². The molecular weight excluding hydrogens is 242 g/mol. The summed E-state index contributed by atoms with van der Waals surface area (Å²) < 4.78 is 5.84. The summed E-state index contributed by atoms with van der Waals surface area (Å²) in [5, 5.41) is 3.26. The summed E-state index contributed by atoms with van der Waals surface area (Å²) in [5.41, 5.74) is 3.40. The zero-order valence-electron chi connectivity index (χ0n) is 11.4. The molecule has 0 bridgehead atoms. The molecule has 1 aromatic carbocycles. The third-order valence-electron chi connectivity index (χ3n) is 2.78. The van der Waals surface area contributed by atoms with Crippen LogP contribution in [0.1, 0.15) is 41.6 Å². The van der Waals surface area contributed by atoms with Crippen molar-refractivity contribution in [2.45, 2.75) is 40.2 Å². The van der Waals surface area contributed by atoms with E-state index >= 15 is 0 Å². The van der Waals surface area contributed by atoms with Gasteiger partial charge in [0.25, 0.3) is 0 Å². The number of thiazole rings is 1. The summed E-state index contributed by atoms with van der Waals surface area (Å²) in [6.45, 7) is 9.01. The quantitative estimate of drug-likeness (QED) is 0.810. The Balaban J connectivity index is 2.04. The van der Waals surface area contributed by atoms with E-state index in [2.05, 4.69) is 56.3 Å². The Kier molecular flexibility index (Phi) is 4.02. The van der Waals surface area contributed by atoms with Crippen LogP contribution in [0.4, 0.5) is 0 Å². The molecule has 0 saturated carbocycles. The molecule has 2 rings (SSSR count). The van der Waals surface area contributed by atoms with Gasteiger partial charge in [-0.3, -0.25) is 0 Å². The van der Waals surface area contributed by atoms with E-state index in [9.17, 15) is 0 Å². The van der Waals surface area contributed by atoms with Crippen LogP contribution >= 0.6 is 11.3 Å². The molecule has 2 aromatic rings. The Hall–Kier alpha value is -1.35. The third kappa shape index (κ3) is 3.10. The lowest BCUT2D eigenvalue weighted by Gasteiger charge is -2.08. The van der Waals surface area contributed by atoms with Crippen LogP contribution in [0.5, 0.6) is 5.75 Å². The topological polar surface area (TPSA) is 22.1 Å². The van der Waals surface area contributed by atoms with Gasteiger partial charge in [-0.05, 0) is 31.0 Å². The van der Waals surface area contributed by atoms with Gasteiger partial charge in [0.05, 0.1) is 10.7 Å². The van der Waals surface area contributed by atoms with Crippen LogP contribution in [0.15, 0.2) is 23.6 Å². The standard InChI is InChI=1S/C15H19NOS/c1-10(2)15-16-13(9-18-15)8-17-14-7-11(3)5-6-12(14)4/h5-7,9-10H,8H2,1-4H3. The van der Waals surface area contributed by atoms with Gasteiger partial charge >= 0.3 is 0 Å². The highest BCUT2D eigenvalue weighted by molar-refractivity contribution is 7.09. The lowest BCUT2D eigenvalue weighted by molar-refractivity contribution is 0.299. The van der Waals surface area contributed by atoms with Crippen molar-refractivity contribution in [2.75, 3.05) is 0 Å². The Labute approximate surface area is 113 Å². The highest BCUT2D eigenvalue weighted by Gasteiger charge is 2.07. The van der Waals surface area contributed by atoms with Crippen LogP contribution in [-0.4, -0.2) is 4.98 Å². The van der Waals surface area contributed by atoms with Gasteiger partial charge in [-0.25, -0.2) is 4.98 Å². The molecular formula is C15H19NOS. The van der Waals surface area contributed by atoms with Crippen molar-refractivity contribution < 1.29 is 4.74 Å². The number of hydrogen-bond donors (Lipinski definition) is 0. The number of ether oxygens (including phenoxy) is 1. The average molecular weight is 261 g/mol. The number of rotatable bonds is 4. The van der Waals surface area contributed by atoms with Gasteiger partial charge in [-0.15, -0.1) is 11.3 Å². The summed E-state index contributed by atoms with van der Waals surface area (Å²) in [6, 6.07) is 6.26. The van der Waals surface area contributed by atoms with Crippen molar-refractivity contribution in [3.63, 3.8) is 0 Å². The predicted octanol–water partition coefficient (Wildman–Crippen LogP) is 4.46. The van der Waals surface area contributed by atoms with Gasteiger partial charge in [0.15, 0.2) is 0 Å². The van der Waals surface area contributed by atoms with Crippen LogP contribution in [0.25, 0.3) is 0 Å². The minimum absolute atomic E-state index is 0.490. The summed E-state index contributed by atoms with van der Waals surface area (Å²) in [4.78, 5) is 4.57. The van der Waals surface area contributed by atoms with E-state index in [0.29, 0.717) is 12.5 Å². The zero-order valence-corrected chi connectivity index (χ0v) is 12.2. The van der Waals surface area contributed by atoms with Crippen molar-refractivity contribution in [1.82, 2.24) is 4.98 Å². The molecule has 0 unspecified atom stereocenters. The van der Waals surface area contributed by atoms with Crippen molar-refractivity contribution in [1.29, 1.82) is 0 Å². The Morgan fingerprint density at radius 2 is 2.06 bits per heavy atom. The molecule has 0 aliphatic carbocycles. The summed E-state index contributed by atoms with van der Waals surface area (Å²) in [7, 11) is 0. The van der Waals surface area contributed by atoms with Gasteiger partial charge in [0.1, 0.15) is 12.4 Å². The van der Waals surface area contributed by atoms with E-state index in [0.717, 1.165) is 11.4 Å². The molecule has 1 aromatic heterocycles. The van der Waals surface area contributed by atoms with E-state index in [1.165, 1.54) is 16.1 Å². The molecule has 0 atom stereocenters. The van der Waals surface area contributed by atoms with E-state index < -0.39 is 0 Å². The van der Waals surface area contributed by atoms with Crippen molar-refractivity contribution >= 4 is 11.3 Å². The van der Waals surface area contributed by atoms with Crippen LogP contribution in [0.2, 0.25) is 0 Å². The Bertz CT molecular complexity index is 531. The molecule has 0 spiro atoms. The largest absolute Gasteiger partial charge is 0.487 e. The van der Waals surface area contributed by atoms with Gasteiger partial charge < -0.3 is 4.74 Å². The first kappa shape index (κ1) is 13.1. The highest BCUT2D eigenvalue weighted by Crippen LogP contribution is 2.22. The second-order valence-corrected chi connectivity index (χ2v) is 5.78. The van der Waals surface area contributed by atoms with Crippen LogP contribution in [-0.2, 0) is 6.61 Å². The molecule has 0 saturated heterocycles. The summed E-state index contributed by atoms with van der Waals surface area (Å²) in [5.74, 6) is 1.44. The minimum Gasteiger partial charge on any atom is -0.487 e. The molecule has 0 amide bonds. The summed E-state index contributed by atoms with van der Waals surface area (Å²) >= 11 is 1.71. The lowest BCUT2D eigenvalue weighted by atomic mass is 10.1. The molecule has 0 N–H and O–H groups in total. The number of hydrogen-bond acceptors (Lipinski definition) is 3. The van der Waals surface area contributed by atoms with E-state index in [1.54, 1.807) is 11.3 Å². The molecule has 2 nitrogen and oxygen atoms in total. The van der Waals surface area contributed by atoms with Gasteiger partial charge in [0, 0.05) is 11.3 Å². The first-order valence-electron chi connectivity index (χ1n) is 6.20. The molecule has 3 heteroatoms. The third-order valence-corrected chi connectivity index (χ3v) is 3.98. The molecule has 0 radical (unpaired) electrons. The van der Waals surface area contributed by atoms with Crippen LogP contribution < -0.4 is 4.74 Å². The monoisotopic (exact) mass is 261 g/mol. The molecule has 0 fully saturated rings. The fourth-order valence-corrected chi connectivity index (χ4v) is 2.49. The van der Waals surface area contributed by atoms with Gasteiger partial charge in [-0.2, -0.15) is 0 Å². The molecule has 18 heavy (non-hydrogen) atoms. The number of nitrogens with zero attached hydrogens (tertiary/aromatic N) is 1. The number of aromatic nitrogens is 1. The van der Waals surface area contributed by atoms with E-state index in [-0.39, 0.29) is 0 Å². The first-order chi connectivity index (χ1) is 8.56. The number of benzene rings is 1. The number of aryl methyl sites for hydroxylation is 2. The Morgan fingerprint density at radius 1 is 1.28 bits per heavy atom. The van der Waals surface area contributed by atoms with Gasteiger partial charge in [-0.1, -0.05) is 26.0 Å². The van der Waals surface area contributed by atoms with Crippen LogP contribution in [0.3, 0.4) is 0 Å². The zero-order chi connectivity index (χ0) is 13.1. The minimum atomic E-state index is 0.490. The first-order valence-corrected chi connectivity index (χ1v) is 7.08. The molecule has 1 heterocycles. The van der Waals surface area contributed by atoms with Crippen molar-refractivity contribution in [3.05, 3.63) is 45.4 Å². The SMILES string of the molecule is Cc1ccc(C)c(OCc2csc(C(C)C)n2)c1. The maximum atomic E-state index is 5.84. The predicted molar refractivity (Wildman–Crippen MR) is 76.5 cm³/mol. The lowest BCUT2D eigenvalue weighted by Crippen LogP contribution is -1.98. The molecule has 96 valence electrons. The smallest absolute Gasteiger partial charge is 0.131 e. The van der Waals surface area contributed by atoms with E-state index in [4.69, 9.17) is 4.74 Å². The highest BCUT2D eigenvalue weighted by atomic mass is 32.1. The van der Waals surface area contributed by atoms with Crippen molar-refractivity contribution in [2.24, 2.45) is 0 Å². The second kappa shape index (κ2) is 5.53. The maximum absolute atomic E-state index is 5.84. The average Bonchev–Trinajstić information content (AvgIpc) is 2.79. The fourth-order valence-electron chi connectivity index (χ4n) is 1.67. The van der Waals surface area contributed by atoms with Crippen LogP contribution in [0, 0.1) is 13.8 Å². The molecule has 0 aliphatic rings. The Morgan fingerprint density at radius 3 is 2.72 bits per heavy atom. The molecule has 0 aliphatic heterocycles. The normalized spacial score (nSPS) is 10.9. The maximum Gasteiger partial charge on any atom is 0.131 e. The summed E-state index contributed by atoms with van der Waals surface area (Å²) in [6.07, 6.45) is 0.